The van der Waals surface area contributed by atoms with Gasteiger partial charge in [-0.25, -0.2) is 0 Å². The Morgan fingerprint density at radius 3 is 2.76 bits per heavy atom. The van der Waals surface area contributed by atoms with E-state index in [0.717, 1.165) is 10.3 Å². The minimum atomic E-state index is -4.50. The molecule has 0 bridgehead atoms. The predicted molar refractivity (Wildman–Crippen MR) is 69.7 cm³/mol. The van der Waals surface area contributed by atoms with E-state index in [1.54, 1.807) is 19.9 Å². The summed E-state index contributed by atoms with van der Waals surface area (Å²) in [6.07, 6.45) is -2.75. The van der Waals surface area contributed by atoms with E-state index in [1.807, 2.05) is 0 Å². The van der Waals surface area contributed by atoms with Crippen LogP contribution < -0.4 is 10.7 Å². The van der Waals surface area contributed by atoms with Crippen LogP contribution in [0.25, 0.3) is 0 Å². The van der Waals surface area contributed by atoms with Gasteiger partial charge in [-0.3, -0.25) is 9.79 Å². The van der Waals surface area contributed by atoms with Crippen LogP contribution in [0.1, 0.15) is 11.3 Å². The number of hydrogen-bond acceptors (Lipinski definition) is 3. The molecule has 0 unspecified atom stereocenters. The van der Waals surface area contributed by atoms with Gasteiger partial charge in [0.05, 0.1) is 17.6 Å². The maximum atomic E-state index is 11.8. The molecule has 1 amide bonds. The second-order valence-corrected chi connectivity index (χ2v) is 4.30. The second kappa shape index (κ2) is 6.96. The third-order valence-electron chi connectivity index (χ3n) is 2.76. The number of hydrogen-bond donors (Lipinski definition) is 2. The number of rotatable bonds is 4. The summed E-state index contributed by atoms with van der Waals surface area (Å²) in [6.45, 7) is 3.85. The Morgan fingerprint density at radius 2 is 2.14 bits per heavy atom. The van der Waals surface area contributed by atoms with Crippen molar-refractivity contribution in [1.82, 2.24) is 10.0 Å². The monoisotopic (exact) mass is 303 g/mol. The van der Waals surface area contributed by atoms with Crippen LogP contribution in [0.15, 0.2) is 29.4 Å². The van der Waals surface area contributed by atoms with Gasteiger partial charge in [0.15, 0.2) is 0 Å². The zero-order valence-corrected chi connectivity index (χ0v) is 11.6. The van der Waals surface area contributed by atoms with Gasteiger partial charge in [-0.05, 0) is 25.5 Å². The molecule has 1 rings (SSSR count). The highest BCUT2D eigenvalue weighted by molar-refractivity contribution is 5.87. The molecule has 2 N–H and O–H groups in total. The molecule has 1 aromatic heterocycles. The molecule has 0 aliphatic rings. The molecule has 0 radical (unpaired) electrons. The Balaban J connectivity index is 2.55. The zero-order valence-electron chi connectivity index (χ0n) is 11.6. The molecule has 0 aromatic carbocycles. The molecule has 0 aliphatic heterocycles. The molecule has 8 heteroatoms. The maximum Gasteiger partial charge on any atom is 0.409 e. The standard InChI is InChI=1S/C13H16F3N3O2/c1-9-10(2)19(21)8-4-11(9)17-6-7-18-12(20)3-5-13(14,15)16/h3-5,8,21H,6-7H2,1-2H3,(H,18,20). The van der Waals surface area contributed by atoms with Gasteiger partial charge in [-0.1, -0.05) is 0 Å². The summed E-state index contributed by atoms with van der Waals surface area (Å²) < 4.78 is 36.5. The molecule has 116 valence electrons. The third kappa shape index (κ3) is 5.72. The van der Waals surface area contributed by atoms with Crippen molar-refractivity contribution in [3.8, 4) is 0 Å². The minimum absolute atomic E-state index is 0.119. The Kier molecular flexibility index (Phi) is 5.57. The highest BCUT2D eigenvalue weighted by Crippen LogP contribution is 2.15. The van der Waals surface area contributed by atoms with Gasteiger partial charge in [0.25, 0.3) is 0 Å². The fraction of sp³-hybridized carbons (Fsp3) is 0.385. The summed E-state index contributed by atoms with van der Waals surface area (Å²) in [5, 5.41) is 12.4. The van der Waals surface area contributed by atoms with Crippen LogP contribution in [0.4, 0.5) is 13.2 Å². The summed E-state index contributed by atoms with van der Waals surface area (Å²) in [7, 11) is 0. The average Bonchev–Trinajstić information content (AvgIpc) is 2.40. The Morgan fingerprint density at radius 1 is 1.48 bits per heavy atom. The summed E-state index contributed by atoms with van der Waals surface area (Å²) in [6, 6.07) is 1.60. The Hall–Kier alpha value is -2.25. The first-order valence-corrected chi connectivity index (χ1v) is 6.13. The van der Waals surface area contributed by atoms with Gasteiger partial charge in [0.2, 0.25) is 5.91 Å². The first-order valence-electron chi connectivity index (χ1n) is 6.13. The molecule has 0 saturated carbocycles. The van der Waals surface area contributed by atoms with Crippen molar-refractivity contribution in [1.29, 1.82) is 0 Å². The minimum Gasteiger partial charge on any atom is -0.429 e. The number of halogens is 3. The lowest BCUT2D eigenvalue weighted by molar-refractivity contribution is -0.117. The maximum absolute atomic E-state index is 11.8. The van der Waals surface area contributed by atoms with Crippen LogP contribution in [0.3, 0.4) is 0 Å². The molecule has 0 aliphatic carbocycles. The Labute approximate surface area is 119 Å². The molecule has 0 spiro atoms. The highest BCUT2D eigenvalue weighted by Gasteiger charge is 2.22. The summed E-state index contributed by atoms with van der Waals surface area (Å²) in [5.41, 5.74) is 1.41. The van der Waals surface area contributed by atoms with Crippen molar-refractivity contribution in [2.45, 2.75) is 20.0 Å². The van der Waals surface area contributed by atoms with E-state index in [2.05, 4.69) is 10.3 Å². The van der Waals surface area contributed by atoms with Crippen molar-refractivity contribution < 1.29 is 23.2 Å². The largest absolute Gasteiger partial charge is 0.429 e. The summed E-state index contributed by atoms with van der Waals surface area (Å²) in [4.78, 5) is 15.3. The fourth-order valence-corrected chi connectivity index (χ4v) is 1.49. The number of pyridine rings is 1. The molecule has 1 heterocycles. The first-order chi connectivity index (χ1) is 9.70. The van der Waals surface area contributed by atoms with Crippen molar-refractivity contribution in [2.75, 3.05) is 13.1 Å². The van der Waals surface area contributed by atoms with Crippen molar-refractivity contribution >= 4 is 5.91 Å². The van der Waals surface area contributed by atoms with Crippen molar-refractivity contribution in [3.63, 3.8) is 0 Å². The van der Waals surface area contributed by atoms with Crippen LogP contribution in [0, 0.1) is 13.8 Å². The first kappa shape index (κ1) is 16.8. The third-order valence-corrected chi connectivity index (χ3v) is 2.76. The molecule has 0 saturated heterocycles. The highest BCUT2D eigenvalue weighted by atomic mass is 19.4. The zero-order chi connectivity index (χ0) is 16.0. The van der Waals surface area contributed by atoms with Crippen LogP contribution >= 0.6 is 0 Å². The van der Waals surface area contributed by atoms with Crippen molar-refractivity contribution in [2.24, 2.45) is 4.99 Å². The lowest BCUT2D eigenvalue weighted by atomic mass is 10.2. The predicted octanol–water partition coefficient (Wildman–Crippen LogP) is 1.48. The average molecular weight is 303 g/mol. The van der Waals surface area contributed by atoms with E-state index in [-0.39, 0.29) is 19.2 Å². The Bertz CT molecular complexity index is 604. The van der Waals surface area contributed by atoms with Crippen LogP contribution in [0.2, 0.25) is 0 Å². The van der Waals surface area contributed by atoms with Crippen LogP contribution in [-0.2, 0) is 4.79 Å². The number of allylic oxidation sites excluding steroid dienone is 1. The van der Waals surface area contributed by atoms with Gasteiger partial charge in [-0.15, -0.1) is 0 Å². The number of nitrogens with zero attached hydrogens (tertiary/aromatic N) is 2. The van der Waals surface area contributed by atoms with Crippen molar-refractivity contribution in [3.05, 3.63) is 41.0 Å². The molecule has 5 nitrogen and oxygen atoms in total. The van der Waals surface area contributed by atoms with E-state index in [1.165, 1.54) is 6.20 Å². The molecule has 0 atom stereocenters. The topological polar surface area (TPSA) is 66.6 Å². The van der Waals surface area contributed by atoms with E-state index in [9.17, 15) is 23.2 Å². The SMILES string of the molecule is Cc1c(C)n(O)ccc1=NCCNC(=O)C=CC(F)(F)F. The molecular formula is C13H16F3N3O2. The van der Waals surface area contributed by atoms with E-state index in [0.29, 0.717) is 17.1 Å². The smallest absolute Gasteiger partial charge is 0.409 e. The normalized spacial score (nSPS) is 12.9. The fourth-order valence-electron chi connectivity index (χ4n) is 1.49. The van der Waals surface area contributed by atoms with E-state index < -0.39 is 12.1 Å². The summed E-state index contributed by atoms with van der Waals surface area (Å²) >= 11 is 0. The van der Waals surface area contributed by atoms with Gasteiger partial charge >= 0.3 is 6.18 Å². The van der Waals surface area contributed by atoms with E-state index >= 15 is 0 Å². The van der Waals surface area contributed by atoms with E-state index in [4.69, 9.17) is 0 Å². The summed E-state index contributed by atoms with van der Waals surface area (Å²) in [5.74, 6) is -0.823. The molecular weight excluding hydrogens is 287 g/mol. The lowest BCUT2D eigenvalue weighted by Crippen LogP contribution is -2.25. The quantitative estimate of drug-likeness (QED) is 0.502. The lowest BCUT2D eigenvalue weighted by Gasteiger charge is -2.06. The van der Waals surface area contributed by atoms with Crippen LogP contribution in [-0.4, -0.2) is 35.1 Å². The molecule has 1 aromatic rings. The number of aromatic nitrogens is 1. The number of amides is 1. The van der Waals surface area contributed by atoms with Gasteiger partial charge < -0.3 is 10.5 Å². The number of nitrogens with one attached hydrogen (secondary N) is 1. The number of carbonyl (C=O) groups is 1. The van der Waals surface area contributed by atoms with Gasteiger partial charge in [-0.2, -0.15) is 17.9 Å². The van der Waals surface area contributed by atoms with Gasteiger partial charge in [0.1, 0.15) is 0 Å². The number of alkyl halides is 3. The molecule has 0 fully saturated rings. The van der Waals surface area contributed by atoms with Gasteiger partial charge in [0, 0.05) is 24.9 Å². The second-order valence-electron chi connectivity index (χ2n) is 4.30. The van der Waals surface area contributed by atoms with Crippen LogP contribution in [0.5, 0.6) is 0 Å². The number of carbonyl (C=O) groups excluding carboxylic acids is 1. The molecule has 21 heavy (non-hydrogen) atoms.